The lowest BCUT2D eigenvalue weighted by Crippen LogP contribution is -2.51. The molecular formula is C19H29NO2. The van der Waals surface area contributed by atoms with E-state index in [2.05, 4.69) is 35.2 Å². The van der Waals surface area contributed by atoms with Gasteiger partial charge in [0.2, 0.25) is 0 Å². The van der Waals surface area contributed by atoms with Crippen molar-refractivity contribution >= 4 is 0 Å². The predicted molar refractivity (Wildman–Crippen MR) is 89.0 cm³/mol. The Morgan fingerprint density at radius 2 is 1.86 bits per heavy atom. The maximum Gasteiger partial charge on any atom is 0.0730 e. The molecular weight excluding hydrogens is 274 g/mol. The zero-order valence-corrected chi connectivity index (χ0v) is 13.5. The second-order valence-corrected chi connectivity index (χ2v) is 6.79. The summed E-state index contributed by atoms with van der Waals surface area (Å²) in [5, 5.41) is 9.94. The Kier molecular flexibility index (Phi) is 5.88. The third kappa shape index (κ3) is 4.31. The second kappa shape index (κ2) is 8.09. The van der Waals surface area contributed by atoms with Crippen LogP contribution in [0.5, 0.6) is 0 Å². The summed E-state index contributed by atoms with van der Waals surface area (Å²) < 4.78 is 6.26. The van der Waals surface area contributed by atoms with Gasteiger partial charge in [-0.2, -0.15) is 0 Å². The van der Waals surface area contributed by atoms with E-state index in [1.165, 1.54) is 31.2 Å². The largest absolute Gasteiger partial charge is 0.392 e. The molecule has 0 spiro atoms. The summed E-state index contributed by atoms with van der Waals surface area (Å²) in [5.41, 5.74) is 1.35. The van der Waals surface area contributed by atoms with Crippen LogP contribution in [0.1, 0.15) is 44.1 Å². The molecule has 1 aromatic carbocycles. The van der Waals surface area contributed by atoms with Crippen LogP contribution in [0.25, 0.3) is 0 Å². The van der Waals surface area contributed by atoms with Gasteiger partial charge in [0.05, 0.1) is 18.8 Å². The Bertz CT molecular complexity index is 436. The van der Waals surface area contributed by atoms with Crippen molar-refractivity contribution in [2.45, 2.75) is 63.2 Å². The zero-order valence-electron chi connectivity index (χ0n) is 13.5. The molecule has 1 aliphatic heterocycles. The van der Waals surface area contributed by atoms with Gasteiger partial charge < -0.3 is 9.84 Å². The smallest absolute Gasteiger partial charge is 0.0730 e. The highest BCUT2D eigenvalue weighted by atomic mass is 16.5. The van der Waals surface area contributed by atoms with E-state index in [0.717, 1.165) is 39.0 Å². The molecule has 2 aliphatic rings. The van der Waals surface area contributed by atoms with Gasteiger partial charge in [-0.15, -0.1) is 0 Å². The summed E-state index contributed by atoms with van der Waals surface area (Å²) in [6.45, 7) is 2.77. The van der Waals surface area contributed by atoms with Crippen molar-refractivity contribution in [1.82, 2.24) is 4.90 Å². The van der Waals surface area contributed by atoms with Gasteiger partial charge in [-0.25, -0.2) is 0 Å². The predicted octanol–water partition coefficient (Wildman–Crippen LogP) is 3.01. The van der Waals surface area contributed by atoms with E-state index in [1.807, 2.05) is 0 Å². The molecule has 22 heavy (non-hydrogen) atoms. The molecule has 0 radical (unpaired) electrons. The standard InChI is InChI=1S/C19H29NO2/c21-17-9-6-13-20(15-17)18-10-4-5-11-19(18)22-14-12-16-7-2-1-3-8-16/h1-3,7-8,17-19,21H,4-6,9-15H2/t17-,18-,19-/m1/s1. The molecule has 0 amide bonds. The lowest BCUT2D eigenvalue weighted by molar-refractivity contribution is -0.0561. The first kappa shape index (κ1) is 16.0. The molecule has 122 valence electrons. The number of nitrogens with zero attached hydrogens (tertiary/aromatic N) is 1. The average molecular weight is 303 g/mol. The minimum Gasteiger partial charge on any atom is -0.392 e. The number of hydrogen-bond donors (Lipinski definition) is 1. The van der Waals surface area contributed by atoms with E-state index in [4.69, 9.17) is 4.74 Å². The van der Waals surface area contributed by atoms with E-state index in [-0.39, 0.29) is 6.10 Å². The number of aliphatic hydroxyl groups is 1. The van der Waals surface area contributed by atoms with Gasteiger partial charge in [0.15, 0.2) is 0 Å². The van der Waals surface area contributed by atoms with Gasteiger partial charge in [0.25, 0.3) is 0 Å². The maximum absolute atomic E-state index is 9.94. The number of ether oxygens (including phenoxy) is 1. The topological polar surface area (TPSA) is 32.7 Å². The van der Waals surface area contributed by atoms with Crippen LogP contribution in [0.3, 0.4) is 0 Å². The molecule has 1 saturated carbocycles. The van der Waals surface area contributed by atoms with Crippen LogP contribution in [0.15, 0.2) is 30.3 Å². The average Bonchev–Trinajstić information content (AvgIpc) is 2.56. The molecule has 0 unspecified atom stereocenters. The van der Waals surface area contributed by atoms with Gasteiger partial charge in [0, 0.05) is 12.6 Å². The Labute approximate surface area is 134 Å². The van der Waals surface area contributed by atoms with Crippen molar-refractivity contribution in [3.8, 4) is 0 Å². The summed E-state index contributed by atoms with van der Waals surface area (Å²) in [7, 11) is 0. The summed E-state index contributed by atoms with van der Waals surface area (Å²) in [5.74, 6) is 0. The van der Waals surface area contributed by atoms with Crippen LogP contribution in [0.2, 0.25) is 0 Å². The Morgan fingerprint density at radius 3 is 2.68 bits per heavy atom. The van der Waals surface area contributed by atoms with Gasteiger partial charge in [-0.1, -0.05) is 43.2 Å². The molecule has 3 atom stereocenters. The van der Waals surface area contributed by atoms with Crippen LogP contribution >= 0.6 is 0 Å². The van der Waals surface area contributed by atoms with Crippen molar-refractivity contribution in [3.63, 3.8) is 0 Å². The highest BCUT2D eigenvalue weighted by Crippen LogP contribution is 2.28. The molecule has 1 aromatic rings. The summed E-state index contributed by atoms with van der Waals surface area (Å²) in [6, 6.07) is 11.1. The first-order valence-electron chi connectivity index (χ1n) is 8.90. The number of piperidine rings is 1. The van der Waals surface area contributed by atoms with Crippen LogP contribution in [-0.2, 0) is 11.2 Å². The number of rotatable bonds is 5. The SMILES string of the molecule is O[C@@H]1CCCN([C@@H]2CCCC[C@H]2OCCc2ccccc2)C1. The van der Waals surface area contributed by atoms with Gasteiger partial charge in [0.1, 0.15) is 0 Å². The summed E-state index contributed by atoms with van der Waals surface area (Å²) >= 11 is 0. The fourth-order valence-electron chi connectivity index (χ4n) is 3.95. The molecule has 1 N–H and O–H groups in total. The van der Waals surface area contributed by atoms with E-state index < -0.39 is 0 Å². The van der Waals surface area contributed by atoms with Crippen LogP contribution < -0.4 is 0 Å². The van der Waals surface area contributed by atoms with E-state index in [1.54, 1.807) is 0 Å². The van der Waals surface area contributed by atoms with Crippen LogP contribution in [-0.4, -0.2) is 48.0 Å². The highest BCUT2D eigenvalue weighted by molar-refractivity contribution is 5.14. The second-order valence-electron chi connectivity index (χ2n) is 6.79. The van der Waals surface area contributed by atoms with Gasteiger partial charge in [-0.05, 0) is 44.2 Å². The maximum atomic E-state index is 9.94. The van der Waals surface area contributed by atoms with Crippen molar-refractivity contribution < 1.29 is 9.84 Å². The number of benzene rings is 1. The molecule has 0 bridgehead atoms. The molecule has 1 heterocycles. The molecule has 2 fully saturated rings. The normalized spacial score (nSPS) is 30.3. The van der Waals surface area contributed by atoms with E-state index >= 15 is 0 Å². The van der Waals surface area contributed by atoms with Crippen molar-refractivity contribution in [3.05, 3.63) is 35.9 Å². The molecule has 1 saturated heterocycles. The minimum atomic E-state index is -0.138. The molecule has 3 rings (SSSR count). The third-order valence-corrected chi connectivity index (χ3v) is 5.13. The Balaban J connectivity index is 1.51. The molecule has 1 aliphatic carbocycles. The monoisotopic (exact) mass is 303 g/mol. The number of likely N-dealkylation sites (tertiary alicyclic amines) is 1. The Hall–Kier alpha value is -0.900. The number of aliphatic hydroxyl groups excluding tert-OH is 1. The quantitative estimate of drug-likeness (QED) is 0.907. The zero-order chi connectivity index (χ0) is 15.2. The van der Waals surface area contributed by atoms with Crippen LogP contribution in [0.4, 0.5) is 0 Å². The van der Waals surface area contributed by atoms with E-state index in [9.17, 15) is 5.11 Å². The molecule has 3 nitrogen and oxygen atoms in total. The Morgan fingerprint density at radius 1 is 1.05 bits per heavy atom. The summed E-state index contributed by atoms with van der Waals surface area (Å²) in [6.07, 6.45) is 8.26. The lowest BCUT2D eigenvalue weighted by atomic mass is 9.89. The molecule has 3 heteroatoms. The fourth-order valence-corrected chi connectivity index (χ4v) is 3.95. The van der Waals surface area contributed by atoms with Crippen molar-refractivity contribution in [2.75, 3.05) is 19.7 Å². The minimum absolute atomic E-state index is 0.138. The van der Waals surface area contributed by atoms with Crippen LogP contribution in [0, 0.1) is 0 Å². The number of hydrogen-bond acceptors (Lipinski definition) is 3. The first-order chi connectivity index (χ1) is 10.8. The highest BCUT2D eigenvalue weighted by Gasteiger charge is 2.33. The molecule has 0 aromatic heterocycles. The van der Waals surface area contributed by atoms with Gasteiger partial charge in [-0.3, -0.25) is 4.90 Å². The summed E-state index contributed by atoms with van der Waals surface area (Å²) in [4.78, 5) is 2.49. The van der Waals surface area contributed by atoms with E-state index in [0.29, 0.717) is 12.1 Å². The lowest BCUT2D eigenvalue weighted by Gasteiger charge is -2.42. The van der Waals surface area contributed by atoms with Crippen molar-refractivity contribution in [2.24, 2.45) is 0 Å². The van der Waals surface area contributed by atoms with Gasteiger partial charge >= 0.3 is 0 Å². The number of β-amino-alcohol motifs (C(OH)–C–C–N with tert-alkyl or cyclic N) is 1. The fraction of sp³-hybridized carbons (Fsp3) is 0.684. The van der Waals surface area contributed by atoms with Crippen molar-refractivity contribution in [1.29, 1.82) is 0 Å². The third-order valence-electron chi connectivity index (χ3n) is 5.13. The first-order valence-corrected chi connectivity index (χ1v) is 8.90.